The quantitative estimate of drug-likeness (QED) is 0.461. The van der Waals surface area contributed by atoms with Gasteiger partial charge in [-0.25, -0.2) is 0 Å². The second-order valence-electron chi connectivity index (χ2n) is 3.77. The number of benzene rings is 1. The number of carbonyl (C=O) groups excluding carboxylic acids is 1. The minimum atomic E-state index is -0.591. The summed E-state index contributed by atoms with van der Waals surface area (Å²) in [6.07, 6.45) is 0.183. The van der Waals surface area contributed by atoms with Gasteiger partial charge in [0.05, 0.1) is 28.7 Å². The average Bonchev–Trinajstić information content (AvgIpc) is 2.42. The number of nitrogens with one attached hydrogen (secondary N) is 1. The van der Waals surface area contributed by atoms with Crippen LogP contribution in [-0.4, -0.2) is 29.3 Å². The van der Waals surface area contributed by atoms with Gasteiger partial charge >= 0.3 is 0 Å². The van der Waals surface area contributed by atoms with Gasteiger partial charge in [0.25, 0.3) is 11.6 Å². The normalized spacial score (nSPS) is 9.53. The molecular formula is C11H13N5O3. The van der Waals surface area contributed by atoms with E-state index in [1.807, 2.05) is 6.07 Å². The lowest BCUT2D eigenvalue weighted by molar-refractivity contribution is -0.384. The smallest absolute Gasteiger partial charge is 0.270 e. The van der Waals surface area contributed by atoms with E-state index in [0.29, 0.717) is 5.69 Å². The highest BCUT2D eigenvalue weighted by Gasteiger charge is 2.19. The van der Waals surface area contributed by atoms with Gasteiger partial charge in [-0.2, -0.15) is 5.26 Å². The number of nitro groups is 1. The molecule has 0 unspecified atom stereocenters. The first kappa shape index (κ1) is 14.4. The second kappa shape index (κ2) is 6.32. The summed E-state index contributed by atoms with van der Waals surface area (Å²) in [6.45, 7) is 0.238. The van der Waals surface area contributed by atoms with Crippen molar-refractivity contribution in [3.63, 3.8) is 0 Å². The minimum Gasteiger partial charge on any atom is -0.341 e. The summed E-state index contributed by atoms with van der Waals surface area (Å²) in [6, 6.07) is 5.69. The molecule has 0 aromatic heterocycles. The number of hydrazine groups is 1. The SMILES string of the molecule is CN(CCC#N)C(=O)c1cc([N+](=O)[O-])ccc1NN. The minimum absolute atomic E-state index is 0.0946. The van der Waals surface area contributed by atoms with Crippen LogP contribution in [-0.2, 0) is 0 Å². The molecule has 8 nitrogen and oxygen atoms in total. The number of hydrogen-bond donors (Lipinski definition) is 2. The Labute approximate surface area is 109 Å². The Morgan fingerprint density at radius 2 is 2.32 bits per heavy atom. The van der Waals surface area contributed by atoms with Gasteiger partial charge in [0.1, 0.15) is 0 Å². The van der Waals surface area contributed by atoms with Gasteiger partial charge in [-0.1, -0.05) is 0 Å². The molecule has 1 amide bonds. The summed E-state index contributed by atoms with van der Waals surface area (Å²) >= 11 is 0. The predicted octanol–water partition coefficient (Wildman–Crippen LogP) is 0.866. The third kappa shape index (κ3) is 3.40. The molecule has 1 aromatic rings. The highest BCUT2D eigenvalue weighted by Crippen LogP contribution is 2.22. The molecule has 0 fully saturated rings. The number of nitrogens with two attached hydrogens (primary N) is 1. The zero-order valence-corrected chi connectivity index (χ0v) is 10.3. The fraction of sp³-hybridized carbons (Fsp3) is 0.273. The molecule has 0 atom stereocenters. The van der Waals surface area contributed by atoms with E-state index in [-0.39, 0.29) is 24.2 Å². The average molecular weight is 263 g/mol. The molecule has 0 saturated carbocycles. The van der Waals surface area contributed by atoms with E-state index in [2.05, 4.69) is 5.43 Å². The van der Waals surface area contributed by atoms with Crippen LogP contribution in [0, 0.1) is 21.4 Å². The Morgan fingerprint density at radius 1 is 1.63 bits per heavy atom. The van der Waals surface area contributed by atoms with E-state index >= 15 is 0 Å². The molecule has 0 heterocycles. The van der Waals surface area contributed by atoms with Crippen molar-refractivity contribution in [1.82, 2.24) is 4.90 Å². The molecule has 1 aromatic carbocycles. The van der Waals surface area contributed by atoms with Gasteiger partial charge in [0.2, 0.25) is 0 Å². The predicted molar refractivity (Wildman–Crippen MR) is 68.1 cm³/mol. The number of non-ortho nitro benzene ring substituents is 1. The van der Waals surface area contributed by atoms with Gasteiger partial charge < -0.3 is 10.3 Å². The van der Waals surface area contributed by atoms with Gasteiger partial charge in [0, 0.05) is 25.7 Å². The van der Waals surface area contributed by atoms with Crippen LogP contribution in [0.4, 0.5) is 11.4 Å². The first-order valence-electron chi connectivity index (χ1n) is 5.38. The lowest BCUT2D eigenvalue weighted by Gasteiger charge is -2.17. The molecule has 1 rings (SSSR count). The Bertz CT molecular complexity index is 538. The van der Waals surface area contributed by atoms with Crippen molar-refractivity contribution in [3.05, 3.63) is 33.9 Å². The number of nitrogen functional groups attached to an aromatic ring is 1. The molecule has 19 heavy (non-hydrogen) atoms. The number of amides is 1. The number of nitriles is 1. The molecule has 3 N–H and O–H groups in total. The van der Waals surface area contributed by atoms with Crippen molar-refractivity contribution in [1.29, 1.82) is 5.26 Å². The van der Waals surface area contributed by atoms with Crippen LogP contribution in [0.1, 0.15) is 16.8 Å². The summed E-state index contributed by atoms with van der Waals surface area (Å²) < 4.78 is 0. The maximum Gasteiger partial charge on any atom is 0.270 e. The summed E-state index contributed by atoms with van der Waals surface area (Å²) in [7, 11) is 1.51. The molecule has 0 bridgehead atoms. The van der Waals surface area contributed by atoms with E-state index in [4.69, 9.17) is 11.1 Å². The van der Waals surface area contributed by atoms with Crippen LogP contribution in [0.5, 0.6) is 0 Å². The number of hydrogen-bond acceptors (Lipinski definition) is 6. The van der Waals surface area contributed by atoms with Crippen LogP contribution in [0.2, 0.25) is 0 Å². The Kier molecular flexibility index (Phi) is 4.79. The van der Waals surface area contributed by atoms with Crippen LogP contribution in [0.15, 0.2) is 18.2 Å². The topological polar surface area (TPSA) is 125 Å². The van der Waals surface area contributed by atoms with E-state index < -0.39 is 10.8 Å². The zero-order valence-electron chi connectivity index (χ0n) is 10.3. The second-order valence-corrected chi connectivity index (χ2v) is 3.77. The van der Waals surface area contributed by atoms with Crippen LogP contribution in [0.3, 0.4) is 0 Å². The van der Waals surface area contributed by atoms with Gasteiger partial charge in [-0.05, 0) is 6.07 Å². The molecule has 0 aliphatic heterocycles. The van der Waals surface area contributed by atoms with E-state index in [0.717, 1.165) is 6.07 Å². The highest BCUT2D eigenvalue weighted by atomic mass is 16.6. The number of carbonyl (C=O) groups is 1. The molecule has 0 aliphatic carbocycles. The summed E-state index contributed by atoms with van der Waals surface area (Å²) in [5.74, 6) is 4.83. The van der Waals surface area contributed by atoms with Crippen molar-refractivity contribution in [2.24, 2.45) is 5.84 Å². The third-order valence-electron chi connectivity index (χ3n) is 2.51. The van der Waals surface area contributed by atoms with Crippen molar-refractivity contribution >= 4 is 17.3 Å². The molecule has 100 valence electrons. The van der Waals surface area contributed by atoms with Crippen LogP contribution >= 0.6 is 0 Å². The van der Waals surface area contributed by atoms with Crippen molar-refractivity contribution in [3.8, 4) is 6.07 Å². The molecule has 0 aliphatic rings. The van der Waals surface area contributed by atoms with Crippen LogP contribution in [0.25, 0.3) is 0 Å². The zero-order chi connectivity index (χ0) is 14.4. The molecular weight excluding hydrogens is 250 g/mol. The fourth-order valence-electron chi connectivity index (χ4n) is 1.47. The molecule has 0 radical (unpaired) electrons. The number of nitrogens with zero attached hydrogens (tertiary/aromatic N) is 3. The molecule has 0 spiro atoms. The monoisotopic (exact) mass is 263 g/mol. The molecule has 0 saturated heterocycles. The molecule has 8 heteroatoms. The highest BCUT2D eigenvalue weighted by molar-refractivity contribution is 6.00. The maximum absolute atomic E-state index is 12.1. The lowest BCUT2D eigenvalue weighted by atomic mass is 10.1. The number of rotatable bonds is 5. The van der Waals surface area contributed by atoms with Crippen molar-refractivity contribution in [2.75, 3.05) is 19.0 Å². The maximum atomic E-state index is 12.1. The summed E-state index contributed by atoms with van der Waals surface area (Å²) in [5.41, 5.74) is 2.51. The lowest BCUT2D eigenvalue weighted by Crippen LogP contribution is -2.28. The number of nitro benzene ring substituents is 1. The van der Waals surface area contributed by atoms with Crippen molar-refractivity contribution in [2.45, 2.75) is 6.42 Å². The fourth-order valence-corrected chi connectivity index (χ4v) is 1.47. The van der Waals surface area contributed by atoms with E-state index in [9.17, 15) is 14.9 Å². The van der Waals surface area contributed by atoms with Gasteiger partial charge in [-0.3, -0.25) is 20.8 Å². The Morgan fingerprint density at radius 3 is 2.84 bits per heavy atom. The van der Waals surface area contributed by atoms with Gasteiger partial charge in [-0.15, -0.1) is 0 Å². The number of anilines is 1. The third-order valence-corrected chi connectivity index (χ3v) is 2.51. The first-order valence-corrected chi connectivity index (χ1v) is 5.38. The van der Waals surface area contributed by atoms with E-state index in [1.165, 1.54) is 24.1 Å². The largest absolute Gasteiger partial charge is 0.341 e. The Balaban J connectivity index is 3.09. The van der Waals surface area contributed by atoms with Crippen LogP contribution < -0.4 is 11.3 Å². The summed E-state index contributed by atoms with van der Waals surface area (Å²) in [4.78, 5) is 23.5. The van der Waals surface area contributed by atoms with E-state index in [1.54, 1.807) is 0 Å². The summed E-state index contributed by atoms with van der Waals surface area (Å²) in [5, 5.41) is 19.2. The Hall–Kier alpha value is -2.66. The first-order chi connectivity index (χ1) is 9.01. The van der Waals surface area contributed by atoms with Gasteiger partial charge in [0.15, 0.2) is 0 Å². The standard InChI is InChI=1S/C11H13N5O3/c1-15(6-2-5-12)11(17)9-7-8(16(18)19)3-4-10(9)14-13/h3-4,7,14H,2,6,13H2,1H3. The van der Waals surface area contributed by atoms with Crippen molar-refractivity contribution < 1.29 is 9.72 Å².